The molecule has 0 unspecified atom stereocenters. The van der Waals surface area contributed by atoms with E-state index >= 15 is 0 Å². The fourth-order valence-electron chi connectivity index (χ4n) is 2.87. The summed E-state index contributed by atoms with van der Waals surface area (Å²) in [6.07, 6.45) is 3.25. The van der Waals surface area contributed by atoms with Gasteiger partial charge in [0, 0.05) is 16.6 Å². The number of aromatic nitrogens is 3. The Hall–Kier alpha value is -3.38. The van der Waals surface area contributed by atoms with Crippen molar-refractivity contribution in [3.63, 3.8) is 0 Å². The fourth-order valence-corrected chi connectivity index (χ4v) is 3.00. The molecule has 7 heteroatoms. The van der Waals surface area contributed by atoms with Crippen LogP contribution in [0.1, 0.15) is 16.1 Å². The molecule has 0 radical (unpaired) electrons. The number of nitrogens with zero attached hydrogens (tertiary/aromatic N) is 3. The minimum absolute atomic E-state index is 0.0987. The van der Waals surface area contributed by atoms with Crippen LogP contribution in [0.2, 0.25) is 5.02 Å². The highest BCUT2D eigenvalue weighted by atomic mass is 35.5. The van der Waals surface area contributed by atoms with Gasteiger partial charge in [0.05, 0.1) is 19.0 Å². The van der Waals surface area contributed by atoms with Gasteiger partial charge in [-0.2, -0.15) is 5.10 Å². The van der Waals surface area contributed by atoms with Crippen molar-refractivity contribution in [2.45, 2.75) is 6.61 Å². The molecule has 0 aliphatic rings. The Morgan fingerprint density at radius 3 is 2.54 bits per heavy atom. The summed E-state index contributed by atoms with van der Waals surface area (Å²) in [5, 5.41) is 5.80. The molecule has 2 heterocycles. The van der Waals surface area contributed by atoms with E-state index in [9.17, 15) is 4.79 Å². The van der Waals surface area contributed by atoms with Crippen molar-refractivity contribution >= 4 is 28.5 Å². The molecule has 2 aromatic heterocycles. The number of esters is 1. The van der Waals surface area contributed by atoms with E-state index in [1.54, 1.807) is 29.2 Å². The molecule has 0 atom stereocenters. The molecule has 0 amide bonds. The third-order valence-corrected chi connectivity index (χ3v) is 4.49. The summed E-state index contributed by atoms with van der Waals surface area (Å²) in [4.78, 5) is 16.5. The van der Waals surface area contributed by atoms with Gasteiger partial charge in [-0.3, -0.25) is 0 Å². The van der Waals surface area contributed by atoms with Crippen LogP contribution in [-0.2, 0) is 11.3 Å². The Labute approximate surface area is 166 Å². The maximum atomic E-state index is 12.3. The molecule has 0 saturated carbocycles. The van der Waals surface area contributed by atoms with Crippen molar-refractivity contribution in [2.75, 3.05) is 7.11 Å². The Morgan fingerprint density at radius 2 is 1.82 bits per heavy atom. The van der Waals surface area contributed by atoms with Crippen LogP contribution in [0.25, 0.3) is 16.6 Å². The average Bonchev–Trinajstić information content (AvgIpc) is 3.17. The van der Waals surface area contributed by atoms with Crippen LogP contribution in [0.3, 0.4) is 0 Å². The lowest BCUT2D eigenvalue weighted by Crippen LogP contribution is -2.10. The number of hydrogen-bond donors (Lipinski definition) is 0. The Balaban J connectivity index is 1.86. The molecule has 0 N–H and O–H groups in total. The van der Waals surface area contributed by atoms with Crippen LogP contribution < -0.4 is 4.74 Å². The number of halogens is 1. The Kier molecular flexibility index (Phi) is 4.95. The molecule has 2 aromatic carbocycles. The molecule has 140 valence electrons. The number of methoxy groups -OCH3 is 1. The van der Waals surface area contributed by atoms with E-state index in [0.29, 0.717) is 16.3 Å². The summed E-state index contributed by atoms with van der Waals surface area (Å²) < 4.78 is 12.6. The third-order valence-electron chi connectivity index (χ3n) is 4.24. The third kappa shape index (κ3) is 3.42. The number of ether oxygens (including phenoxy) is 2. The largest absolute Gasteiger partial charge is 0.484 e. The number of rotatable bonds is 5. The molecule has 0 aliphatic carbocycles. The highest BCUT2D eigenvalue weighted by molar-refractivity contribution is 6.30. The molecule has 28 heavy (non-hydrogen) atoms. The molecule has 0 bridgehead atoms. The van der Waals surface area contributed by atoms with E-state index < -0.39 is 5.97 Å². The van der Waals surface area contributed by atoms with Gasteiger partial charge < -0.3 is 9.47 Å². The second-order valence-corrected chi connectivity index (χ2v) is 6.47. The fraction of sp³-hybridized carbons (Fsp3) is 0.0952. The van der Waals surface area contributed by atoms with Crippen LogP contribution >= 0.6 is 11.6 Å². The topological polar surface area (TPSA) is 66.2 Å². The van der Waals surface area contributed by atoms with Gasteiger partial charge in [-0.15, -0.1) is 0 Å². The summed E-state index contributed by atoms with van der Waals surface area (Å²) in [6, 6.07) is 16.9. The van der Waals surface area contributed by atoms with Gasteiger partial charge in [-0.1, -0.05) is 41.9 Å². The number of pyridine rings is 1. The van der Waals surface area contributed by atoms with Crippen molar-refractivity contribution in [3.05, 3.63) is 83.3 Å². The second kappa shape index (κ2) is 7.70. The van der Waals surface area contributed by atoms with E-state index in [2.05, 4.69) is 10.1 Å². The monoisotopic (exact) mass is 393 g/mol. The van der Waals surface area contributed by atoms with Gasteiger partial charge in [-0.05, 0) is 29.8 Å². The summed E-state index contributed by atoms with van der Waals surface area (Å²) in [6.45, 7) is 0.275. The van der Waals surface area contributed by atoms with Gasteiger partial charge in [0.2, 0.25) is 0 Å². The number of fused-ring (bicyclic) bond motifs is 1. The zero-order chi connectivity index (χ0) is 19.5. The SMILES string of the molecule is COC(=O)c1ncc2cnn(-c3ccc(Cl)cc3)c2c1OCc1ccccc1. The summed E-state index contributed by atoms with van der Waals surface area (Å²) >= 11 is 6.00. The van der Waals surface area contributed by atoms with Gasteiger partial charge in [0.1, 0.15) is 12.1 Å². The normalized spacial score (nSPS) is 10.8. The van der Waals surface area contributed by atoms with Crippen molar-refractivity contribution in [1.29, 1.82) is 0 Å². The standard InChI is InChI=1S/C21H16ClN3O3/c1-27-21(26)18-20(28-13-14-5-3-2-4-6-14)19-15(11-23-18)12-24-25(19)17-9-7-16(22)8-10-17/h2-12H,13H2,1H3. The number of carbonyl (C=O) groups excluding carboxylic acids is 1. The number of benzene rings is 2. The quantitative estimate of drug-likeness (QED) is 0.469. The van der Waals surface area contributed by atoms with E-state index in [1.165, 1.54) is 7.11 Å². The lowest BCUT2D eigenvalue weighted by Gasteiger charge is -2.13. The van der Waals surface area contributed by atoms with Crippen molar-refractivity contribution in [2.24, 2.45) is 0 Å². The van der Waals surface area contributed by atoms with E-state index in [4.69, 9.17) is 21.1 Å². The van der Waals surface area contributed by atoms with Gasteiger partial charge in [-0.25, -0.2) is 14.5 Å². The van der Waals surface area contributed by atoms with Gasteiger partial charge >= 0.3 is 5.97 Å². The molecule has 0 spiro atoms. The zero-order valence-electron chi connectivity index (χ0n) is 15.0. The summed E-state index contributed by atoms with van der Waals surface area (Å²) in [7, 11) is 1.31. The number of hydrogen-bond acceptors (Lipinski definition) is 5. The van der Waals surface area contributed by atoms with E-state index in [-0.39, 0.29) is 12.3 Å². The molecule has 0 fully saturated rings. The summed E-state index contributed by atoms with van der Waals surface area (Å²) in [5.74, 6) is -0.255. The highest BCUT2D eigenvalue weighted by Gasteiger charge is 2.22. The molecule has 0 aliphatic heterocycles. The molecule has 0 saturated heterocycles. The lowest BCUT2D eigenvalue weighted by molar-refractivity contribution is 0.0588. The highest BCUT2D eigenvalue weighted by Crippen LogP contribution is 2.31. The Bertz CT molecular complexity index is 1130. The maximum absolute atomic E-state index is 12.3. The Morgan fingerprint density at radius 1 is 1.07 bits per heavy atom. The molecular formula is C21H16ClN3O3. The van der Waals surface area contributed by atoms with Crippen molar-refractivity contribution < 1.29 is 14.3 Å². The molecule has 4 aromatic rings. The minimum Gasteiger partial charge on any atom is -0.484 e. The van der Waals surface area contributed by atoms with Crippen LogP contribution in [0.5, 0.6) is 5.75 Å². The van der Waals surface area contributed by atoms with E-state index in [0.717, 1.165) is 16.6 Å². The van der Waals surface area contributed by atoms with Crippen LogP contribution in [0, 0.1) is 0 Å². The maximum Gasteiger partial charge on any atom is 0.360 e. The zero-order valence-corrected chi connectivity index (χ0v) is 15.8. The number of carbonyl (C=O) groups is 1. The first-order valence-corrected chi connectivity index (χ1v) is 8.93. The van der Waals surface area contributed by atoms with Crippen LogP contribution in [0.4, 0.5) is 0 Å². The lowest BCUT2D eigenvalue weighted by atomic mass is 10.2. The summed E-state index contributed by atoms with van der Waals surface area (Å²) in [5.41, 5.74) is 2.48. The van der Waals surface area contributed by atoms with Crippen molar-refractivity contribution in [1.82, 2.24) is 14.8 Å². The first kappa shape index (κ1) is 18.0. The molecule has 4 rings (SSSR count). The van der Waals surface area contributed by atoms with Gasteiger partial charge in [0.25, 0.3) is 0 Å². The minimum atomic E-state index is -0.575. The average molecular weight is 394 g/mol. The second-order valence-electron chi connectivity index (χ2n) is 6.04. The van der Waals surface area contributed by atoms with E-state index in [1.807, 2.05) is 42.5 Å². The predicted molar refractivity (Wildman–Crippen MR) is 106 cm³/mol. The molecular weight excluding hydrogens is 378 g/mol. The molecule has 6 nitrogen and oxygen atoms in total. The van der Waals surface area contributed by atoms with Gasteiger partial charge in [0.15, 0.2) is 11.4 Å². The van der Waals surface area contributed by atoms with Crippen LogP contribution in [0.15, 0.2) is 67.0 Å². The predicted octanol–water partition coefficient (Wildman–Crippen LogP) is 4.44. The van der Waals surface area contributed by atoms with Crippen LogP contribution in [-0.4, -0.2) is 27.8 Å². The first-order valence-electron chi connectivity index (χ1n) is 8.55. The first-order chi connectivity index (χ1) is 13.7. The van der Waals surface area contributed by atoms with Crippen molar-refractivity contribution in [3.8, 4) is 11.4 Å². The smallest absolute Gasteiger partial charge is 0.360 e.